The van der Waals surface area contributed by atoms with Gasteiger partial charge in [-0.1, -0.05) is 20.8 Å². The van der Waals surface area contributed by atoms with Crippen molar-refractivity contribution in [2.75, 3.05) is 19.6 Å². The molecule has 0 saturated heterocycles. The van der Waals surface area contributed by atoms with Gasteiger partial charge in [0.1, 0.15) is 0 Å². The van der Waals surface area contributed by atoms with E-state index in [0.717, 1.165) is 12.1 Å². The number of hydrogen-bond acceptors (Lipinski definition) is 2. The first-order chi connectivity index (χ1) is 8.31. The molecule has 0 aromatic heterocycles. The molecule has 102 valence electrons. The molecule has 2 nitrogen and oxygen atoms in total. The van der Waals surface area contributed by atoms with Crippen molar-refractivity contribution in [1.29, 1.82) is 0 Å². The van der Waals surface area contributed by atoms with Gasteiger partial charge in [0.05, 0.1) is 0 Å². The molecule has 2 heteroatoms. The van der Waals surface area contributed by atoms with Crippen molar-refractivity contribution in [3.05, 3.63) is 0 Å². The lowest BCUT2D eigenvalue weighted by atomic mass is 9.90. The quantitative estimate of drug-likeness (QED) is 0.699. The number of rotatable bonds is 8. The van der Waals surface area contributed by atoms with E-state index in [1.165, 1.54) is 64.6 Å². The second-order valence-corrected chi connectivity index (χ2v) is 5.50. The fourth-order valence-electron chi connectivity index (χ4n) is 3.04. The summed E-state index contributed by atoms with van der Waals surface area (Å²) in [7, 11) is 0. The van der Waals surface area contributed by atoms with E-state index in [1.54, 1.807) is 0 Å². The van der Waals surface area contributed by atoms with Crippen LogP contribution >= 0.6 is 0 Å². The molecule has 1 N–H and O–H groups in total. The molecule has 0 spiro atoms. The third kappa shape index (κ3) is 5.39. The molecule has 0 heterocycles. The Morgan fingerprint density at radius 1 is 0.882 bits per heavy atom. The van der Waals surface area contributed by atoms with Crippen molar-refractivity contribution >= 4 is 0 Å². The first kappa shape index (κ1) is 15.0. The van der Waals surface area contributed by atoms with Crippen LogP contribution in [0, 0.1) is 0 Å². The van der Waals surface area contributed by atoms with Crippen LogP contribution in [0.4, 0.5) is 0 Å². The third-order valence-electron chi connectivity index (χ3n) is 3.92. The van der Waals surface area contributed by atoms with Crippen molar-refractivity contribution in [1.82, 2.24) is 10.2 Å². The lowest BCUT2D eigenvalue weighted by Gasteiger charge is -2.37. The van der Waals surface area contributed by atoms with Gasteiger partial charge in [-0.05, 0) is 64.6 Å². The first-order valence-electron chi connectivity index (χ1n) is 7.79. The molecular weight excluding hydrogens is 208 g/mol. The Kier molecular flexibility index (Phi) is 7.87. The maximum absolute atomic E-state index is 3.68. The van der Waals surface area contributed by atoms with E-state index < -0.39 is 0 Å². The van der Waals surface area contributed by atoms with E-state index in [4.69, 9.17) is 0 Å². The summed E-state index contributed by atoms with van der Waals surface area (Å²) in [5, 5.41) is 3.68. The van der Waals surface area contributed by atoms with E-state index in [1.807, 2.05) is 0 Å². The van der Waals surface area contributed by atoms with Gasteiger partial charge in [-0.3, -0.25) is 0 Å². The molecule has 1 saturated carbocycles. The van der Waals surface area contributed by atoms with E-state index in [2.05, 4.69) is 31.0 Å². The van der Waals surface area contributed by atoms with Gasteiger partial charge in [-0.15, -0.1) is 0 Å². The molecule has 17 heavy (non-hydrogen) atoms. The van der Waals surface area contributed by atoms with Gasteiger partial charge in [-0.25, -0.2) is 0 Å². The molecule has 1 aliphatic carbocycles. The zero-order valence-electron chi connectivity index (χ0n) is 12.2. The molecule has 0 radical (unpaired) electrons. The van der Waals surface area contributed by atoms with E-state index in [-0.39, 0.29) is 0 Å². The summed E-state index contributed by atoms with van der Waals surface area (Å²) in [6.07, 6.45) is 9.44. The Hall–Kier alpha value is -0.0800. The summed E-state index contributed by atoms with van der Waals surface area (Å²) < 4.78 is 0. The summed E-state index contributed by atoms with van der Waals surface area (Å²) in [6.45, 7) is 10.6. The largest absolute Gasteiger partial charge is 0.314 e. The molecule has 0 atom stereocenters. The van der Waals surface area contributed by atoms with Gasteiger partial charge < -0.3 is 10.2 Å². The summed E-state index contributed by atoms with van der Waals surface area (Å²) in [5.41, 5.74) is 0. The minimum Gasteiger partial charge on any atom is -0.314 e. The maximum atomic E-state index is 3.68. The molecular formula is C15H32N2. The van der Waals surface area contributed by atoms with Gasteiger partial charge >= 0.3 is 0 Å². The Bertz CT molecular complexity index is 168. The van der Waals surface area contributed by atoms with E-state index in [0.29, 0.717) is 0 Å². The maximum Gasteiger partial charge on any atom is 0.00964 e. The molecule has 0 aromatic rings. The highest BCUT2D eigenvalue weighted by atomic mass is 15.2. The average molecular weight is 240 g/mol. The standard InChI is InChI=1S/C15H32N2/c1-4-11-16-14-7-9-15(10-8-14)17(12-5-2)13-6-3/h14-16H,4-13H2,1-3H3. The molecule has 0 aromatic carbocycles. The monoisotopic (exact) mass is 240 g/mol. The van der Waals surface area contributed by atoms with Crippen molar-refractivity contribution in [3.8, 4) is 0 Å². The van der Waals surface area contributed by atoms with Crippen LogP contribution in [0.5, 0.6) is 0 Å². The predicted octanol–water partition coefficient (Wildman–Crippen LogP) is 3.42. The van der Waals surface area contributed by atoms with Gasteiger partial charge in [0.2, 0.25) is 0 Å². The van der Waals surface area contributed by atoms with Crippen LogP contribution in [0.25, 0.3) is 0 Å². The van der Waals surface area contributed by atoms with Crippen LogP contribution in [0.1, 0.15) is 65.7 Å². The van der Waals surface area contributed by atoms with Gasteiger partial charge in [-0.2, -0.15) is 0 Å². The van der Waals surface area contributed by atoms with Gasteiger partial charge in [0.25, 0.3) is 0 Å². The molecule has 0 aliphatic heterocycles. The molecule has 0 bridgehead atoms. The zero-order valence-corrected chi connectivity index (χ0v) is 12.2. The van der Waals surface area contributed by atoms with E-state index >= 15 is 0 Å². The minimum atomic E-state index is 0.802. The molecule has 0 unspecified atom stereocenters. The third-order valence-corrected chi connectivity index (χ3v) is 3.92. The van der Waals surface area contributed by atoms with Crippen molar-refractivity contribution in [2.45, 2.75) is 77.8 Å². The van der Waals surface area contributed by atoms with Crippen molar-refractivity contribution in [2.24, 2.45) is 0 Å². The van der Waals surface area contributed by atoms with Crippen molar-refractivity contribution in [3.63, 3.8) is 0 Å². The topological polar surface area (TPSA) is 15.3 Å². The van der Waals surface area contributed by atoms with Crippen LogP contribution in [0.2, 0.25) is 0 Å². The number of hydrogen-bond donors (Lipinski definition) is 1. The highest BCUT2D eigenvalue weighted by Gasteiger charge is 2.24. The Balaban J connectivity index is 2.27. The van der Waals surface area contributed by atoms with Crippen LogP contribution in [0.15, 0.2) is 0 Å². The predicted molar refractivity (Wildman–Crippen MR) is 76.5 cm³/mol. The number of nitrogens with zero attached hydrogens (tertiary/aromatic N) is 1. The molecule has 1 aliphatic rings. The summed E-state index contributed by atoms with van der Waals surface area (Å²) >= 11 is 0. The first-order valence-corrected chi connectivity index (χ1v) is 7.79. The normalized spacial score (nSPS) is 25.4. The van der Waals surface area contributed by atoms with Crippen LogP contribution < -0.4 is 5.32 Å². The minimum absolute atomic E-state index is 0.802. The van der Waals surface area contributed by atoms with Gasteiger partial charge in [0.15, 0.2) is 0 Å². The average Bonchev–Trinajstić information content (AvgIpc) is 2.37. The van der Waals surface area contributed by atoms with Crippen LogP contribution in [0.3, 0.4) is 0 Å². The Morgan fingerprint density at radius 3 is 1.94 bits per heavy atom. The Labute approximate surface area is 108 Å². The molecule has 1 rings (SSSR count). The molecule has 1 fully saturated rings. The lowest BCUT2D eigenvalue weighted by Crippen LogP contribution is -2.43. The smallest absolute Gasteiger partial charge is 0.00964 e. The Morgan fingerprint density at radius 2 is 1.47 bits per heavy atom. The second kappa shape index (κ2) is 8.93. The highest BCUT2D eigenvalue weighted by molar-refractivity contribution is 4.82. The van der Waals surface area contributed by atoms with Crippen molar-refractivity contribution < 1.29 is 0 Å². The molecule has 0 amide bonds. The lowest BCUT2D eigenvalue weighted by molar-refractivity contribution is 0.143. The SMILES string of the molecule is CCCNC1CCC(N(CCC)CCC)CC1. The van der Waals surface area contributed by atoms with Crippen LogP contribution in [-0.2, 0) is 0 Å². The second-order valence-electron chi connectivity index (χ2n) is 5.50. The summed E-state index contributed by atoms with van der Waals surface area (Å²) in [5.74, 6) is 0. The zero-order chi connectivity index (χ0) is 12.5. The van der Waals surface area contributed by atoms with E-state index in [9.17, 15) is 0 Å². The summed E-state index contributed by atoms with van der Waals surface area (Å²) in [6, 6.07) is 1.67. The highest BCUT2D eigenvalue weighted by Crippen LogP contribution is 2.23. The van der Waals surface area contributed by atoms with Gasteiger partial charge in [0, 0.05) is 12.1 Å². The summed E-state index contributed by atoms with van der Waals surface area (Å²) in [4.78, 5) is 2.73. The fourth-order valence-corrected chi connectivity index (χ4v) is 3.04. The number of nitrogens with one attached hydrogen (secondary N) is 1. The fraction of sp³-hybridized carbons (Fsp3) is 1.00. The van der Waals surface area contributed by atoms with Crippen LogP contribution in [-0.4, -0.2) is 36.6 Å².